The van der Waals surface area contributed by atoms with E-state index in [-0.39, 0.29) is 0 Å². The molecule has 0 aliphatic heterocycles. The van der Waals surface area contributed by atoms with Gasteiger partial charge in [-0.05, 0) is 12.1 Å². The van der Waals surface area contributed by atoms with Crippen molar-refractivity contribution in [2.45, 2.75) is 0 Å². The number of ether oxygens (including phenoxy) is 1. The number of anilines is 3. The van der Waals surface area contributed by atoms with Gasteiger partial charge in [-0.3, -0.25) is 5.73 Å². The molecule has 6 nitrogen and oxygen atoms in total. The van der Waals surface area contributed by atoms with E-state index < -0.39 is 0 Å². The van der Waals surface area contributed by atoms with Crippen LogP contribution in [0, 0.1) is 0 Å². The molecule has 6 heteroatoms. The Morgan fingerprint density at radius 1 is 1.22 bits per heavy atom. The van der Waals surface area contributed by atoms with Crippen molar-refractivity contribution in [2.75, 3.05) is 24.3 Å². The molecule has 0 amide bonds. The first kappa shape index (κ1) is 13.7. The number of nitrogens with two attached hydrogens (primary N) is 3. The number of rotatable bonds is 1. The fraction of sp³-hybridized carbons (Fsp3) is 0.250. The first-order chi connectivity index (χ1) is 8.45. The number of nitrogens with zero attached hydrogens (tertiary/aromatic N) is 2. The van der Waals surface area contributed by atoms with Crippen LogP contribution in [-0.2, 0) is 14.1 Å². The van der Waals surface area contributed by atoms with Gasteiger partial charge in [0.2, 0.25) is 0 Å². The van der Waals surface area contributed by atoms with Gasteiger partial charge in [0.1, 0.15) is 5.75 Å². The number of hydrogen-bond acceptors (Lipinski definition) is 4. The van der Waals surface area contributed by atoms with Crippen LogP contribution in [0.4, 0.5) is 17.3 Å². The van der Waals surface area contributed by atoms with Crippen molar-refractivity contribution in [2.24, 2.45) is 14.1 Å². The maximum absolute atomic E-state index is 5.53. The average Bonchev–Trinajstić information content (AvgIpc) is 2.64. The van der Waals surface area contributed by atoms with Crippen LogP contribution in [0.15, 0.2) is 30.6 Å². The lowest BCUT2D eigenvalue weighted by atomic mass is 10.3. The van der Waals surface area contributed by atoms with Crippen LogP contribution in [0.1, 0.15) is 0 Å². The summed E-state index contributed by atoms with van der Waals surface area (Å²) in [6.45, 7) is 0. The lowest BCUT2D eigenvalue weighted by Crippen LogP contribution is -2.29. The molecule has 0 spiro atoms. The summed E-state index contributed by atoms with van der Waals surface area (Å²) in [7, 11) is 5.38. The number of aryl methyl sites for hydroxylation is 2. The quantitative estimate of drug-likeness (QED) is 0.500. The highest BCUT2D eigenvalue weighted by molar-refractivity contribution is 5.59. The van der Waals surface area contributed by atoms with E-state index in [9.17, 15) is 0 Å². The Kier molecular flexibility index (Phi) is 4.42. The third-order valence-electron chi connectivity index (χ3n) is 2.49. The van der Waals surface area contributed by atoms with Crippen molar-refractivity contribution in [3.05, 3.63) is 30.6 Å². The summed E-state index contributed by atoms with van der Waals surface area (Å²) >= 11 is 0. The van der Waals surface area contributed by atoms with Crippen molar-refractivity contribution in [3.63, 3.8) is 0 Å². The Morgan fingerprint density at radius 3 is 2.22 bits per heavy atom. The molecule has 1 heterocycles. The normalized spacial score (nSPS) is 9.50. The van der Waals surface area contributed by atoms with Crippen molar-refractivity contribution in [3.8, 4) is 5.75 Å². The van der Waals surface area contributed by atoms with E-state index in [0.29, 0.717) is 17.1 Å². The van der Waals surface area contributed by atoms with Gasteiger partial charge in [0, 0.05) is 11.8 Å². The Bertz CT molecular complexity index is 502. The molecule has 0 aliphatic rings. The topological polar surface area (TPSA) is 96.1 Å². The van der Waals surface area contributed by atoms with Crippen LogP contribution in [0.5, 0.6) is 5.75 Å². The molecule has 0 aliphatic carbocycles. The van der Waals surface area contributed by atoms with E-state index in [2.05, 4.69) is 0 Å². The lowest BCUT2D eigenvalue weighted by Gasteiger charge is -2.03. The number of benzene rings is 1. The largest absolute Gasteiger partial charge is 0.495 e. The number of nitrogen functional groups attached to an aromatic ring is 3. The molecule has 1 aromatic carbocycles. The van der Waals surface area contributed by atoms with Crippen molar-refractivity contribution in [1.29, 1.82) is 0 Å². The second-order valence-electron chi connectivity index (χ2n) is 3.88. The first-order valence-electron chi connectivity index (χ1n) is 5.41. The second kappa shape index (κ2) is 5.81. The molecule has 0 fully saturated rings. The van der Waals surface area contributed by atoms with Gasteiger partial charge in [0.15, 0.2) is 0 Å². The van der Waals surface area contributed by atoms with E-state index in [1.54, 1.807) is 25.3 Å². The molecule has 0 bridgehead atoms. The molecule has 6 N–H and O–H groups in total. The molecule has 98 valence electrons. The van der Waals surface area contributed by atoms with Crippen LogP contribution >= 0.6 is 0 Å². The molecule has 0 atom stereocenters. The van der Waals surface area contributed by atoms with Gasteiger partial charge < -0.3 is 16.2 Å². The van der Waals surface area contributed by atoms with Gasteiger partial charge in [0.05, 0.1) is 39.3 Å². The number of aromatic nitrogens is 2. The monoisotopic (exact) mass is 250 g/mol. The molecule has 0 unspecified atom stereocenters. The number of imidazole rings is 1. The van der Waals surface area contributed by atoms with E-state index in [1.165, 1.54) is 0 Å². The highest BCUT2D eigenvalue weighted by Gasteiger charge is 2.00. The van der Waals surface area contributed by atoms with Crippen LogP contribution in [0.2, 0.25) is 0 Å². The van der Waals surface area contributed by atoms with E-state index >= 15 is 0 Å². The summed E-state index contributed by atoms with van der Waals surface area (Å²) in [5, 5.41) is 0. The zero-order valence-corrected chi connectivity index (χ0v) is 10.9. The van der Waals surface area contributed by atoms with E-state index in [1.807, 2.05) is 35.6 Å². The molecular weight excluding hydrogens is 230 g/mol. The predicted molar refractivity (Wildman–Crippen MR) is 72.8 cm³/mol. The average molecular weight is 250 g/mol. The van der Waals surface area contributed by atoms with Gasteiger partial charge in [-0.25, -0.2) is 9.13 Å². The van der Waals surface area contributed by atoms with Gasteiger partial charge in [0.25, 0.3) is 0 Å². The maximum Gasteiger partial charge on any atom is 0.354 e. The highest BCUT2D eigenvalue weighted by atomic mass is 16.5. The molecule has 0 radical (unpaired) electrons. The van der Waals surface area contributed by atoms with Gasteiger partial charge in [-0.15, -0.1) is 0 Å². The second-order valence-corrected chi connectivity index (χ2v) is 3.88. The smallest absolute Gasteiger partial charge is 0.354 e. The molecular formula is C12H20N5O+. The zero-order valence-electron chi connectivity index (χ0n) is 10.9. The highest BCUT2D eigenvalue weighted by Crippen LogP contribution is 2.22. The Labute approximate surface area is 107 Å². The Balaban J connectivity index is 0.000000184. The van der Waals surface area contributed by atoms with Crippen LogP contribution in [-0.4, -0.2) is 11.7 Å². The molecule has 0 saturated carbocycles. The van der Waals surface area contributed by atoms with E-state index in [4.69, 9.17) is 21.9 Å². The summed E-state index contributed by atoms with van der Waals surface area (Å²) in [6.07, 6.45) is 3.82. The summed E-state index contributed by atoms with van der Waals surface area (Å²) < 4.78 is 8.64. The van der Waals surface area contributed by atoms with Crippen molar-refractivity contribution in [1.82, 2.24) is 4.57 Å². The maximum atomic E-state index is 5.53. The molecule has 2 aromatic rings. The fourth-order valence-corrected chi connectivity index (χ4v) is 1.33. The summed E-state index contributed by atoms with van der Waals surface area (Å²) in [4.78, 5) is 0. The minimum absolute atomic E-state index is 0.608. The standard InChI is InChI=1S/C7H10N2O.C5H9N3/c1-10-7-4-5(8)2-3-6(7)9;1-7-3-4-8(2)5(7)6/h2-4H,8-9H2,1H3;3-4,6H,1-2H3/p+1. The van der Waals surface area contributed by atoms with Crippen LogP contribution < -0.4 is 26.5 Å². The SMILES string of the molecule is COc1cc(N)ccc1N.Cn1cc[n+](C)c1N. The fourth-order valence-electron chi connectivity index (χ4n) is 1.33. The molecule has 1 aromatic heterocycles. The summed E-state index contributed by atoms with van der Waals surface area (Å²) in [5.41, 5.74) is 17.8. The lowest BCUT2D eigenvalue weighted by molar-refractivity contribution is -0.655. The van der Waals surface area contributed by atoms with Gasteiger partial charge >= 0.3 is 5.95 Å². The van der Waals surface area contributed by atoms with Gasteiger partial charge in [-0.1, -0.05) is 0 Å². The third kappa shape index (κ3) is 3.31. The number of hydrogen-bond donors (Lipinski definition) is 3. The minimum Gasteiger partial charge on any atom is -0.495 e. The zero-order chi connectivity index (χ0) is 13.7. The van der Waals surface area contributed by atoms with E-state index in [0.717, 1.165) is 5.95 Å². The number of methoxy groups -OCH3 is 1. The van der Waals surface area contributed by atoms with Crippen LogP contribution in [0.25, 0.3) is 0 Å². The molecule has 2 rings (SSSR count). The van der Waals surface area contributed by atoms with Crippen molar-refractivity contribution < 1.29 is 9.30 Å². The van der Waals surface area contributed by atoms with Crippen molar-refractivity contribution >= 4 is 17.3 Å². The summed E-state index contributed by atoms with van der Waals surface area (Å²) in [6, 6.07) is 5.14. The minimum atomic E-state index is 0.608. The van der Waals surface area contributed by atoms with Gasteiger partial charge in [-0.2, -0.15) is 0 Å². The predicted octanol–water partition coefficient (Wildman–Crippen LogP) is 0.291. The molecule has 0 saturated heterocycles. The third-order valence-corrected chi connectivity index (χ3v) is 2.49. The Hall–Kier alpha value is -2.37. The summed E-state index contributed by atoms with van der Waals surface area (Å²) in [5.74, 6) is 1.39. The van der Waals surface area contributed by atoms with Crippen LogP contribution in [0.3, 0.4) is 0 Å². The first-order valence-corrected chi connectivity index (χ1v) is 5.41. The molecule has 18 heavy (non-hydrogen) atoms. The Morgan fingerprint density at radius 2 is 1.89 bits per heavy atom.